The van der Waals surface area contributed by atoms with Crippen molar-refractivity contribution in [2.45, 2.75) is 44.2 Å². The first kappa shape index (κ1) is 53.4. The normalized spacial score (nSPS) is 11.5. The molecule has 0 spiro atoms. The molecule has 0 aromatic heterocycles. The molecule has 6 aromatic carbocycles. The zero-order chi connectivity index (χ0) is 52.0. The molecular formula is C51H52N8O14. The minimum atomic E-state index is -1.11. The molecule has 0 aliphatic heterocycles. The van der Waals surface area contributed by atoms with Crippen LogP contribution in [0.2, 0.25) is 0 Å². The van der Waals surface area contributed by atoms with Crippen LogP contribution in [-0.4, -0.2) is 85.9 Å². The zero-order valence-electron chi connectivity index (χ0n) is 39.1. The Morgan fingerprint density at radius 3 is 1.23 bits per heavy atom. The lowest BCUT2D eigenvalue weighted by Gasteiger charge is -2.15. The van der Waals surface area contributed by atoms with Crippen molar-refractivity contribution < 1.29 is 67.2 Å². The van der Waals surface area contributed by atoms with E-state index in [1.54, 1.807) is 48.5 Å². The van der Waals surface area contributed by atoms with E-state index in [-0.39, 0.29) is 43.6 Å². The number of rotatable bonds is 26. The molecule has 0 saturated carbocycles. The number of ether oxygens (including phenoxy) is 2. The summed E-state index contributed by atoms with van der Waals surface area (Å²) in [5.41, 5.74) is 23.7. The standard InChI is InChI=1S/C51H52N8O14/c52-40(50(66)72-58-38-22-20-32-10-1-3-12-34(32)24-38)26-36-14-5-7-16-42(36)68-46(62)30-56-70-48(64)28-54-44(60)18-9-19-45(61)55-29-49(65)71-57-31-47(63)69-43-17-8-6-15-37(43)27-41(53)51(67)73-59-39-23-21-33-11-2-4-13-35(33)25-39/h1-8,10-17,20-25,40-41,56-59H,9,18-19,26-31,52-53H2,(H,54,60)(H,55,61). The maximum Gasteiger partial charge on any atom is 0.348 e. The van der Waals surface area contributed by atoms with Crippen LogP contribution in [0.25, 0.3) is 21.5 Å². The molecule has 0 heterocycles. The molecule has 0 aliphatic carbocycles. The number of carbonyl (C=O) groups is 8. The maximum atomic E-state index is 12.6. The topological polar surface area (TPSA) is 316 Å². The summed E-state index contributed by atoms with van der Waals surface area (Å²) in [6, 6.07) is 36.8. The second kappa shape index (κ2) is 27.4. The highest BCUT2D eigenvalue weighted by Gasteiger charge is 2.22. The van der Waals surface area contributed by atoms with Crippen molar-refractivity contribution in [3.05, 3.63) is 145 Å². The summed E-state index contributed by atoms with van der Waals surface area (Å²) in [4.78, 5) is 119. The molecule has 2 amide bonds. The van der Waals surface area contributed by atoms with Crippen LogP contribution in [0.5, 0.6) is 11.5 Å². The monoisotopic (exact) mass is 1000 g/mol. The van der Waals surface area contributed by atoms with Gasteiger partial charge in [0.2, 0.25) is 11.8 Å². The highest BCUT2D eigenvalue weighted by molar-refractivity contribution is 5.88. The third kappa shape index (κ3) is 17.7. The van der Waals surface area contributed by atoms with Gasteiger partial charge in [-0.15, -0.1) is 11.0 Å². The van der Waals surface area contributed by atoms with Crippen molar-refractivity contribution in [2.75, 3.05) is 37.1 Å². The van der Waals surface area contributed by atoms with Gasteiger partial charge in [-0.2, -0.15) is 0 Å². The van der Waals surface area contributed by atoms with Crippen molar-refractivity contribution in [1.82, 2.24) is 21.6 Å². The summed E-state index contributed by atoms with van der Waals surface area (Å²) in [5.74, 6) is -5.98. The molecule has 0 fully saturated rings. The number of para-hydroxylation sites is 2. The Morgan fingerprint density at radius 1 is 0.425 bits per heavy atom. The molecule has 2 unspecified atom stereocenters. The average molecular weight is 1000 g/mol. The van der Waals surface area contributed by atoms with E-state index in [1.165, 1.54) is 12.1 Å². The van der Waals surface area contributed by atoms with Gasteiger partial charge in [0.15, 0.2) is 0 Å². The minimum Gasteiger partial charge on any atom is -0.425 e. The van der Waals surface area contributed by atoms with Gasteiger partial charge >= 0.3 is 35.8 Å². The van der Waals surface area contributed by atoms with Gasteiger partial charge in [-0.3, -0.25) is 19.2 Å². The number of nitrogens with two attached hydrogens (primary N) is 2. The van der Waals surface area contributed by atoms with Crippen molar-refractivity contribution in [2.24, 2.45) is 11.5 Å². The van der Waals surface area contributed by atoms with E-state index in [9.17, 15) is 38.4 Å². The summed E-state index contributed by atoms with van der Waals surface area (Å²) >= 11 is 0. The van der Waals surface area contributed by atoms with Crippen molar-refractivity contribution in [1.29, 1.82) is 0 Å². The van der Waals surface area contributed by atoms with Crippen LogP contribution in [0, 0.1) is 0 Å². The quantitative estimate of drug-likeness (QED) is 0.0168. The zero-order valence-corrected chi connectivity index (χ0v) is 39.1. The number of benzene rings is 6. The Labute approximate surface area is 417 Å². The van der Waals surface area contributed by atoms with E-state index >= 15 is 0 Å². The Balaban J connectivity index is 0.778. The predicted molar refractivity (Wildman–Crippen MR) is 263 cm³/mol. The molecule has 2 atom stereocenters. The number of fused-ring (bicyclic) bond motifs is 2. The number of hydrogen-bond donors (Lipinski definition) is 8. The molecule has 22 heteroatoms. The molecule has 73 heavy (non-hydrogen) atoms. The largest absolute Gasteiger partial charge is 0.425 e. The second-order valence-electron chi connectivity index (χ2n) is 16.0. The van der Waals surface area contributed by atoms with Crippen LogP contribution in [0.3, 0.4) is 0 Å². The summed E-state index contributed by atoms with van der Waals surface area (Å²) in [6.45, 7) is -2.25. The molecule has 0 radical (unpaired) electrons. The number of hydroxylamine groups is 2. The van der Waals surface area contributed by atoms with Gasteiger partial charge in [0, 0.05) is 25.7 Å². The fraction of sp³-hybridized carbons (Fsp3) is 0.216. The van der Waals surface area contributed by atoms with Gasteiger partial charge in [0.25, 0.3) is 0 Å². The van der Waals surface area contributed by atoms with Crippen LogP contribution in [0.15, 0.2) is 133 Å². The van der Waals surface area contributed by atoms with Crippen molar-refractivity contribution in [3.63, 3.8) is 0 Å². The number of carbonyl (C=O) groups excluding carboxylic acids is 8. The fourth-order valence-corrected chi connectivity index (χ4v) is 6.73. The van der Waals surface area contributed by atoms with E-state index in [0.29, 0.717) is 22.5 Å². The highest BCUT2D eigenvalue weighted by Crippen LogP contribution is 2.23. The van der Waals surface area contributed by atoms with Gasteiger partial charge in [0.1, 0.15) is 49.8 Å². The molecular weight excluding hydrogens is 949 g/mol. The summed E-state index contributed by atoms with van der Waals surface area (Å²) in [6.07, 6.45) is -0.314. The predicted octanol–water partition coefficient (Wildman–Crippen LogP) is 2.88. The fourth-order valence-electron chi connectivity index (χ4n) is 6.73. The average Bonchev–Trinajstić information content (AvgIpc) is 3.39. The van der Waals surface area contributed by atoms with E-state index in [2.05, 4.69) is 32.6 Å². The lowest BCUT2D eigenvalue weighted by molar-refractivity contribution is -0.154. The molecule has 0 aliphatic rings. The third-order valence-corrected chi connectivity index (χ3v) is 10.4. The molecule has 6 aromatic rings. The van der Waals surface area contributed by atoms with E-state index in [0.717, 1.165) is 21.5 Å². The lowest BCUT2D eigenvalue weighted by Crippen LogP contribution is -2.36. The Bertz CT molecular complexity index is 2740. The smallest absolute Gasteiger partial charge is 0.348 e. The first-order valence-electron chi connectivity index (χ1n) is 22.7. The molecule has 22 nitrogen and oxygen atoms in total. The van der Waals surface area contributed by atoms with Crippen LogP contribution < -0.4 is 53.5 Å². The first-order chi connectivity index (χ1) is 35.3. The van der Waals surface area contributed by atoms with Crippen molar-refractivity contribution >= 4 is 80.5 Å². The van der Waals surface area contributed by atoms with E-state index in [1.807, 2.05) is 72.8 Å². The SMILES string of the molecule is NC(Cc1ccccc1OC(=O)CNOC(=O)CNC(=O)CCCC(=O)NCC(=O)ONCC(=O)Oc1ccccc1CC(N)C(=O)ONc1ccc2ccccc2c1)C(=O)ONc1ccc2ccccc2c1. The van der Waals surface area contributed by atoms with Gasteiger partial charge in [-0.05, 0) is 75.5 Å². The summed E-state index contributed by atoms with van der Waals surface area (Å²) in [5, 5.41) is 8.56. The minimum absolute atomic E-state index is 0.0315. The maximum absolute atomic E-state index is 12.6. The number of nitrogens with one attached hydrogen (secondary N) is 6. The number of esters is 2. The van der Waals surface area contributed by atoms with Gasteiger partial charge < -0.3 is 50.9 Å². The molecule has 0 saturated heterocycles. The summed E-state index contributed by atoms with van der Waals surface area (Å²) in [7, 11) is 0. The van der Waals surface area contributed by atoms with Gasteiger partial charge in [0.05, 0.1) is 11.4 Å². The highest BCUT2D eigenvalue weighted by atomic mass is 16.7. The lowest BCUT2D eigenvalue weighted by atomic mass is 10.1. The molecule has 10 N–H and O–H groups in total. The molecule has 6 rings (SSSR count). The van der Waals surface area contributed by atoms with Crippen LogP contribution in [0.4, 0.5) is 11.4 Å². The van der Waals surface area contributed by atoms with Crippen LogP contribution in [-0.2, 0) is 70.5 Å². The number of amides is 2. The van der Waals surface area contributed by atoms with E-state index in [4.69, 9.17) is 40.3 Å². The molecule has 380 valence electrons. The third-order valence-electron chi connectivity index (χ3n) is 10.4. The Morgan fingerprint density at radius 2 is 0.808 bits per heavy atom. The number of hydrogen-bond acceptors (Lipinski definition) is 20. The van der Waals surface area contributed by atoms with Gasteiger partial charge in [-0.25, -0.2) is 30.1 Å². The first-order valence-corrected chi connectivity index (χ1v) is 22.7. The summed E-state index contributed by atoms with van der Waals surface area (Å²) < 4.78 is 10.7. The molecule has 0 bridgehead atoms. The van der Waals surface area contributed by atoms with Crippen molar-refractivity contribution in [3.8, 4) is 11.5 Å². The van der Waals surface area contributed by atoms with Crippen LogP contribution in [0.1, 0.15) is 30.4 Å². The van der Waals surface area contributed by atoms with Crippen LogP contribution >= 0.6 is 0 Å². The van der Waals surface area contributed by atoms with Gasteiger partial charge in [-0.1, -0.05) is 97.1 Å². The van der Waals surface area contributed by atoms with E-state index < -0.39 is 85.9 Å². The Hall–Kier alpha value is -8.96. The Kier molecular flexibility index (Phi) is 20.1. The number of anilines is 2. The second-order valence-corrected chi connectivity index (χ2v) is 16.0.